The van der Waals surface area contributed by atoms with Crippen LogP contribution >= 0.6 is 39.3 Å². The molecule has 10 heteroatoms. The number of alkyl halides is 1. The monoisotopic (exact) mass is 572 g/mol. The van der Waals surface area contributed by atoms with Crippen molar-refractivity contribution in [1.82, 2.24) is 4.90 Å². The van der Waals surface area contributed by atoms with Gasteiger partial charge in [-0.15, -0.1) is 11.8 Å². The molecule has 3 aliphatic rings. The first-order chi connectivity index (χ1) is 16.2. The summed E-state index contributed by atoms with van der Waals surface area (Å²) in [5.41, 5.74) is 0.459. The van der Waals surface area contributed by atoms with Crippen LogP contribution in [0.2, 0.25) is 5.02 Å². The summed E-state index contributed by atoms with van der Waals surface area (Å²) in [6.07, 6.45) is 1.29. The van der Waals surface area contributed by atoms with E-state index in [1.807, 2.05) is 13.8 Å². The SMILES string of the molecule is CCOC(=O)[C@H]1[C@H]2C(=O)N([C@@H](CO)[C@@H](C)CC)C(C(=O)Nc3ccccc3Cl)C23CC(Br)[C@@H]1S3. The van der Waals surface area contributed by atoms with Gasteiger partial charge in [-0.25, -0.2) is 0 Å². The second kappa shape index (κ2) is 9.99. The van der Waals surface area contributed by atoms with E-state index < -0.39 is 34.6 Å². The fourth-order valence-electron chi connectivity index (χ4n) is 5.81. The summed E-state index contributed by atoms with van der Waals surface area (Å²) >= 11 is 11.6. The summed E-state index contributed by atoms with van der Waals surface area (Å²) in [7, 11) is 0. The number of rotatable bonds is 8. The van der Waals surface area contributed by atoms with Crippen LogP contribution in [0.3, 0.4) is 0 Å². The molecule has 4 rings (SSSR count). The van der Waals surface area contributed by atoms with Gasteiger partial charge in [-0.05, 0) is 31.4 Å². The number of ether oxygens (including phenoxy) is 1. The highest BCUT2D eigenvalue weighted by atomic mass is 79.9. The predicted octanol–water partition coefficient (Wildman–Crippen LogP) is 3.71. The minimum Gasteiger partial charge on any atom is -0.466 e. The zero-order valence-corrected chi connectivity index (χ0v) is 22.5. The van der Waals surface area contributed by atoms with Crippen LogP contribution in [0.5, 0.6) is 0 Å². The number of likely N-dealkylation sites (tertiary alicyclic amines) is 1. The van der Waals surface area contributed by atoms with Crippen molar-refractivity contribution in [3.8, 4) is 0 Å². The zero-order valence-electron chi connectivity index (χ0n) is 19.4. The number of nitrogens with one attached hydrogen (secondary N) is 1. The van der Waals surface area contributed by atoms with Crippen molar-refractivity contribution in [2.24, 2.45) is 17.8 Å². The number of fused-ring (bicyclic) bond motifs is 1. The summed E-state index contributed by atoms with van der Waals surface area (Å²) in [6, 6.07) is 5.54. The fourth-order valence-corrected chi connectivity index (χ4v) is 9.58. The lowest BCUT2D eigenvalue weighted by Crippen LogP contribution is -2.56. The lowest BCUT2D eigenvalue weighted by Gasteiger charge is -2.39. The number of benzene rings is 1. The van der Waals surface area contributed by atoms with Crippen molar-refractivity contribution < 1.29 is 24.2 Å². The standard InChI is InChI=1S/C24H30BrClN2O5S/c1-4-12(3)16(11-29)28-20(21(30)27-15-9-7-6-8-14(15)26)24-10-13(25)19(34-24)17(18(24)22(28)31)23(32)33-5-2/h6-9,12-13,16-20,29H,4-5,10-11H2,1-3H3,(H,27,30)/t12-,13?,16-,17-,18-,19-,20?,24?/m0/s1. The molecular formula is C24H30BrClN2O5S. The normalized spacial score (nSPS) is 33.5. The molecule has 3 aliphatic heterocycles. The molecule has 7 nitrogen and oxygen atoms in total. The van der Waals surface area contributed by atoms with Gasteiger partial charge in [0, 0.05) is 10.1 Å². The Labute approximate surface area is 217 Å². The van der Waals surface area contributed by atoms with Crippen LogP contribution in [0.25, 0.3) is 0 Å². The zero-order chi connectivity index (χ0) is 24.8. The minimum absolute atomic E-state index is 0.0391. The van der Waals surface area contributed by atoms with Crippen molar-refractivity contribution in [3.05, 3.63) is 29.3 Å². The Morgan fingerprint density at radius 3 is 2.71 bits per heavy atom. The van der Waals surface area contributed by atoms with E-state index in [1.54, 1.807) is 47.9 Å². The Morgan fingerprint density at radius 1 is 1.38 bits per heavy atom. The predicted molar refractivity (Wildman–Crippen MR) is 136 cm³/mol. The third-order valence-electron chi connectivity index (χ3n) is 7.51. The third kappa shape index (κ3) is 3.96. The van der Waals surface area contributed by atoms with Gasteiger partial charge in [0.1, 0.15) is 6.04 Å². The van der Waals surface area contributed by atoms with E-state index in [0.717, 1.165) is 6.42 Å². The molecule has 186 valence electrons. The molecule has 3 fully saturated rings. The molecule has 0 radical (unpaired) electrons. The second-order valence-corrected chi connectivity index (χ2v) is 12.4. The molecule has 2 bridgehead atoms. The van der Waals surface area contributed by atoms with Crippen LogP contribution in [0.15, 0.2) is 24.3 Å². The summed E-state index contributed by atoms with van der Waals surface area (Å²) in [5, 5.41) is 13.5. The maximum atomic E-state index is 14.0. The van der Waals surface area contributed by atoms with E-state index in [1.165, 1.54) is 0 Å². The molecule has 1 aromatic carbocycles. The van der Waals surface area contributed by atoms with Gasteiger partial charge in [0.05, 0.1) is 46.5 Å². The number of halogens is 2. The number of aliphatic hydroxyl groups is 1. The quantitative estimate of drug-likeness (QED) is 0.364. The van der Waals surface area contributed by atoms with Gasteiger partial charge in [-0.3, -0.25) is 14.4 Å². The van der Waals surface area contributed by atoms with Gasteiger partial charge in [0.2, 0.25) is 11.8 Å². The molecule has 1 spiro atoms. The first-order valence-corrected chi connectivity index (χ1v) is 13.9. The number of para-hydroxylation sites is 1. The van der Waals surface area contributed by atoms with Crippen molar-refractivity contribution in [2.45, 2.75) is 60.5 Å². The van der Waals surface area contributed by atoms with Crippen molar-refractivity contribution >= 4 is 62.8 Å². The van der Waals surface area contributed by atoms with Crippen LogP contribution in [0, 0.1) is 17.8 Å². The molecule has 0 aliphatic carbocycles. The lowest BCUT2D eigenvalue weighted by atomic mass is 9.71. The summed E-state index contributed by atoms with van der Waals surface area (Å²) < 4.78 is 4.56. The number of thioether (sulfide) groups is 1. The Balaban J connectivity index is 1.80. The summed E-state index contributed by atoms with van der Waals surface area (Å²) in [4.78, 5) is 42.5. The molecular weight excluding hydrogens is 544 g/mol. The van der Waals surface area contributed by atoms with Crippen LogP contribution in [0.1, 0.15) is 33.6 Å². The number of esters is 1. The van der Waals surface area contributed by atoms with Gasteiger partial charge in [0.25, 0.3) is 0 Å². The third-order valence-corrected chi connectivity index (χ3v) is 11.1. The number of aliphatic hydroxyl groups excluding tert-OH is 1. The van der Waals surface area contributed by atoms with E-state index >= 15 is 0 Å². The molecule has 3 saturated heterocycles. The Morgan fingerprint density at radius 2 is 2.09 bits per heavy atom. The summed E-state index contributed by atoms with van der Waals surface area (Å²) in [6.45, 7) is 5.65. The number of amides is 2. The number of anilines is 1. The molecule has 0 aromatic heterocycles. The average molecular weight is 574 g/mol. The number of carbonyl (C=O) groups excluding carboxylic acids is 3. The Bertz CT molecular complexity index is 982. The van der Waals surface area contributed by atoms with E-state index in [9.17, 15) is 19.5 Å². The second-order valence-electron chi connectivity index (χ2n) is 9.27. The highest BCUT2D eigenvalue weighted by molar-refractivity contribution is 9.09. The Hall–Kier alpha value is -1.29. The first kappa shape index (κ1) is 25.8. The fraction of sp³-hybridized carbons (Fsp3) is 0.625. The number of hydrogen-bond acceptors (Lipinski definition) is 6. The molecule has 0 saturated carbocycles. The molecule has 3 heterocycles. The van der Waals surface area contributed by atoms with E-state index in [2.05, 4.69) is 21.2 Å². The van der Waals surface area contributed by atoms with Gasteiger partial charge in [-0.2, -0.15) is 0 Å². The molecule has 34 heavy (non-hydrogen) atoms. The number of nitrogens with zero attached hydrogens (tertiary/aromatic N) is 1. The smallest absolute Gasteiger partial charge is 0.310 e. The number of hydrogen-bond donors (Lipinski definition) is 2. The maximum absolute atomic E-state index is 14.0. The van der Waals surface area contributed by atoms with E-state index in [4.69, 9.17) is 16.3 Å². The number of carbonyl (C=O) groups is 3. The molecule has 2 N–H and O–H groups in total. The van der Waals surface area contributed by atoms with E-state index in [0.29, 0.717) is 17.1 Å². The van der Waals surface area contributed by atoms with Crippen LogP contribution in [0.4, 0.5) is 5.69 Å². The van der Waals surface area contributed by atoms with Crippen molar-refractivity contribution in [3.63, 3.8) is 0 Å². The van der Waals surface area contributed by atoms with Crippen molar-refractivity contribution in [1.29, 1.82) is 0 Å². The van der Waals surface area contributed by atoms with Crippen LogP contribution < -0.4 is 5.32 Å². The summed E-state index contributed by atoms with van der Waals surface area (Å²) in [5.74, 6) is -2.39. The molecule has 1 aromatic rings. The van der Waals surface area contributed by atoms with Gasteiger partial charge >= 0.3 is 5.97 Å². The van der Waals surface area contributed by atoms with Crippen molar-refractivity contribution in [2.75, 3.05) is 18.5 Å². The minimum atomic E-state index is -0.859. The molecule has 8 atom stereocenters. The van der Waals surface area contributed by atoms with Crippen LogP contribution in [-0.4, -0.2) is 67.9 Å². The van der Waals surface area contributed by atoms with Gasteiger partial charge in [-0.1, -0.05) is 59.9 Å². The highest BCUT2D eigenvalue weighted by Gasteiger charge is 2.76. The highest BCUT2D eigenvalue weighted by Crippen LogP contribution is 2.68. The maximum Gasteiger partial charge on any atom is 0.310 e. The van der Waals surface area contributed by atoms with Crippen LogP contribution in [-0.2, 0) is 19.1 Å². The lowest BCUT2D eigenvalue weighted by molar-refractivity contribution is -0.154. The van der Waals surface area contributed by atoms with Gasteiger partial charge < -0.3 is 20.1 Å². The first-order valence-electron chi connectivity index (χ1n) is 11.7. The molecule has 2 amide bonds. The van der Waals surface area contributed by atoms with Gasteiger partial charge in [0.15, 0.2) is 0 Å². The topological polar surface area (TPSA) is 95.9 Å². The Kier molecular flexibility index (Phi) is 7.58. The van der Waals surface area contributed by atoms with E-state index in [-0.39, 0.29) is 41.0 Å². The molecule has 3 unspecified atom stereocenters. The largest absolute Gasteiger partial charge is 0.466 e. The average Bonchev–Trinajstić information content (AvgIpc) is 3.39.